The lowest BCUT2D eigenvalue weighted by Gasteiger charge is -2.32. The summed E-state index contributed by atoms with van der Waals surface area (Å²) in [6, 6.07) is 8.61. The molecule has 3 rings (SSSR count). The Morgan fingerprint density at radius 3 is 2.46 bits per heavy atom. The van der Waals surface area contributed by atoms with Crippen molar-refractivity contribution in [1.29, 1.82) is 0 Å². The molecule has 0 saturated carbocycles. The fraction of sp³-hybridized carbons (Fsp3) is 0.188. The van der Waals surface area contributed by atoms with Gasteiger partial charge in [-0.2, -0.15) is 0 Å². The summed E-state index contributed by atoms with van der Waals surface area (Å²) in [6.07, 6.45) is 0.127. The highest BCUT2D eigenvalue weighted by molar-refractivity contribution is 6.30. The van der Waals surface area contributed by atoms with E-state index in [1.165, 1.54) is 6.20 Å². The number of pyridine rings is 1. The predicted octanol–water partition coefficient (Wildman–Crippen LogP) is 4.05. The quantitative estimate of drug-likeness (QED) is 0.786. The standard InChI is InChI=1S/C16H13Cl2N3O3/c1-16(10-3-5-11(17)6-4-10)13(9-2-7-12(18)19-8-9)21(15(23)24)14(22)20-16/h2-8,13H,1H3,(H,20,22)(H,23,24). The Hall–Kier alpha value is -2.31. The second-order valence-electron chi connectivity index (χ2n) is 5.61. The third kappa shape index (κ3) is 2.68. The molecule has 0 radical (unpaired) electrons. The molecular formula is C16H13Cl2N3O3. The fourth-order valence-corrected chi connectivity index (χ4v) is 3.22. The van der Waals surface area contributed by atoms with E-state index in [0.29, 0.717) is 10.6 Å². The number of nitrogens with zero attached hydrogens (tertiary/aromatic N) is 2. The summed E-state index contributed by atoms with van der Waals surface area (Å²) in [5.41, 5.74) is 0.303. The van der Waals surface area contributed by atoms with Crippen molar-refractivity contribution in [3.63, 3.8) is 0 Å². The maximum absolute atomic E-state index is 12.3. The van der Waals surface area contributed by atoms with Gasteiger partial charge in [0.05, 0.1) is 11.6 Å². The van der Waals surface area contributed by atoms with Crippen molar-refractivity contribution in [2.24, 2.45) is 0 Å². The van der Waals surface area contributed by atoms with Crippen LogP contribution in [0, 0.1) is 0 Å². The number of hydrogen-bond donors (Lipinski definition) is 2. The van der Waals surface area contributed by atoms with Crippen LogP contribution in [0.3, 0.4) is 0 Å². The van der Waals surface area contributed by atoms with Crippen LogP contribution in [0.15, 0.2) is 42.6 Å². The first kappa shape index (κ1) is 16.5. The summed E-state index contributed by atoms with van der Waals surface area (Å²) in [5, 5.41) is 13.1. The van der Waals surface area contributed by atoms with Gasteiger partial charge in [0.25, 0.3) is 0 Å². The Kier molecular flexibility index (Phi) is 4.11. The second kappa shape index (κ2) is 5.96. The molecule has 1 saturated heterocycles. The van der Waals surface area contributed by atoms with Gasteiger partial charge in [0.2, 0.25) is 0 Å². The lowest BCUT2D eigenvalue weighted by atomic mass is 9.82. The first-order valence-electron chi connectivity index (χ1n) is 7.05. The van der Waals surface area contributed by atoms with Gasteiger partial charge in [-0.3, -0.25) is 0 Å². The molecule has 0 spiro atoms. The molecule has 6 nitrogen and oxygen atoms in total. The number of hydrogen-bond acceptors (Lipinski definition) is 3. The molecule has 8 heteroatoms. The van der Waals surface area contributed by atoms with E-state index in [-0.39, 0.29) is 5.15 Å². The average molecular weight is 366 g/mol. The molecule has 1 aromatic carbocycles. The zero-order valence-electron chi connectivity index (χ0n) is 12.5. The topological polar surface area (TPSA) is 82.5 Å². The number of rotatable bonds is 2. The van der Waals surface area contributed by atoms with Gasteiger partial charge < -0.3 is 10.4 Å². The lowest BCUT2D eigenvalue weighted by Crippen LogP contribution is -2.39. The fourth-order valence-electron chi connectivity index (χ4n) is 2.98. The van der Waals surface area contributed by atoms with Crippen LogP contribution in [0.25, 0.3) is 0 Å². The highest BCUT2D eigenvalue weighted by atomic mass is 35.5. The largest absolute Gasteiger partial charge is 0.465 e. The van der Waals surface area contributed by atoms with Crippen LogP contribution in [-0.4, -0.2) is 27.1 Å². The molecule has 2 aromatic rings. The summed E-state index contributed by atoms with van der Waals surface area (Å²) in [6.45, 7) is 1.76. The molecule has 0 bridgehead atoms. The number of nitrogens with one attached hydrogen (secondary N) is 1. The number of urea groups is 1. The molecule has 2 N–H and O–H groups in total. The van der Waals surface area contributed by atoms with Crippen LogP contribution < -0.4 is 5.32 Å². The Balaban J connectivity index is 2.15. The predicted molar refractivity (Wildman–Crippen MR) is 89.2 cm³/mol. The van der Waals surface area contributed by atoms with Gasteiger partial charge in [-0.25, -0.2) is 19.5 Å². The number of benzene rings is 1. The molecule has 2 atom stereocenters. The summed E-state index contributed by atoms with van der Waals surface area (Å²) in [4.78, 5) is 28.7. The van der Waals surface area contributed by atoms with Crippen molar-refractivity contribution in [3.05, 3.63) is 63.9 Å². The molecule has 0 aliphatic carbocycles. The first-order chi connectivity index (χ1) is 11.3. The highest BCUT2D eigenvalue weighted by Crippen LogP contribution is 2.44. The monoisotopic (exact) mass is 365 g/mol. The summed E-state index contributed by atoms with van der Waals surface area (Å²) in [5.74, 6) is 0. The van der Waals surface area contributed by atoms with Gasteiger partial charge >= 0.3 is 12.1 Å². The number of amides is 3. The van der Waals surface area contributed by atoms with Crippen LogP contribution in [-0.2, 0) is 5.54 Å². The van der Waals surface area contributed by atoms with Crippen LogP contribution in [0.4, 0.5) is 9.59 Å². The maximum atomic E-state index is 12.3. The zero-order chi connectivity index (χ0) is 17.5. The number of carbonyl (C=O) groups is 2. The number of halogens is 2. The number of carboxylic acid groups (broad SMARTS) is 1. The van der Waals surface area contributed by atoms with Crippen molar-refractivity contribution >= 4 is 35.3 Å². The van der Waals surface area contributed by atoms with E-state index >= 15 is 0 Å². The van der Waals surface area contributed by atoms with E-state index < -0.39 is 23.7 Å². The maximum Gasteiger partial charge on any atom is 0.416 e. The van der Waals surface area contributed by atoms with Crippen LogP contribution in [0.1, 0.15) is 24.1 Å². The Morgan fingerprint density at radius 2 is 1.92 bits per heavy atom. The second-order valence-corrected chi connectivity index (χ2v) is 6.43. The number of imide groups is 1. The minimum atomic E-state index is -1.34. The van der Waals surface area contributed by atoms with E-state index in [4.69, 9.17) is 23.2 Å². The average Bonchev–Trinajstić information content (AvgIpc) is 2.80. The Labute approximate surface area is 148 Å². The molecule has 3 amide bonds. The van der Waals surface area contributed by atoms with Crippen molar-refractivity contribution < 1.29 is 14.7 Å². The lowest BCUT2D eigenvalue weighted by molar-refractivity contribution is 0.137. The van der Waals surface area contributed by atoms with Crippen molar-refractivity contribution in [2.75, 3.05) is 0 Å². The summed E-state index contributed by atoms with van der Waals surface area (Å²) in [7, 11) is 0. The Bertz CT molecular complexity index is 795. The summed E-state index contributed by atoms with van der Waals surface area (Å²) >= 11 is 11.7. The van der Waals surface area contributed by atoms with Crippen LogP contribution in [0.5, 0.6) is 0 Å². The number of aromatic nitrogens is 1. The third-order valence-corrected chi connectivity index (χ3v) is 4.58. The van der Waals surface area contributed by atoms with Crippen molar-refractivity contribution in [1.82, 2.24) is 15.2 Å². The zero-order valence-corrected chi connectivity index (χ0v) is 14.0. The molecule has 1 aliphatic rings. The molecule has 1 aliphatic heterocycles. The van der Waals surface area contributed by atoms with Gasteiger partial charge in [0.15, 0.2) is 0 Å². The van der Waals surface area contributed by atoms with E-state index in [2.05, 4.69) is 10.3 Å². The van der Waals surface area contributed by atoms with E-state index in [9.17, 15) is 14.7 Å². The minimum absolute atomic E-state index is 0.283. The van der Waals surface area contributed by atoms with Gasteiger partial charge in [0, 0.05) is 11.2 Å². The van der Waals surface area contributed by atoms with Gasteiger partial charge in [-0.1, -0.05) is 41.4 Å². The van der Waals surface area contributed by atoms with E-state index in [1.54, 1.807) is 43.3 Å². The van der Waals surface area contributed by atoms with Crippen LogP contribution in [0.2, 0.25) is 10.2 Å². The van der Waals surface area contributed by atoms with Gasteiger partial charge in [0.1, 0.15) is 5.15 Å². The third-order valence-electron chi connectivity index (χ3n) is 4.11. The molecule has 124 valence electrons. The first-order valence-corrected chi connectivity index (χ1v) is 7.80. The van der Waals surface area contributed by atoms with E-state index in [0.717, 1.165) is 10.5 Å². The molecule has 1 aromatic heterocycles. The minimum Gasteiger partial charge on any atom is -0.465 e. The van der Waals surface area contributed by atoms with Gasteiger partial charge in [-0.05, 0) is 36.2 Å². The van der Waals surface area contributed by atoms with Gasteiger partial charge in [-0.15, -0.1) is 0 Å². The van der Waals surface area contributed by atoms with Crippen LogP contribution >= 0.6 is 23.2 Å². The Morgan fingerprint density at radius 1 is 1.25 bits per heavy atom. The molecule has 1 fully saturated rings. The molecule has 24 heavy (non-hydrogen) atoms. The molecular weight excluding hydrogens is 353 g/mol. The van der Waals surface area contributed by atoms with Crippen molar-refractivity contribution in [2.45, 2.75) is 18.5 Å². The normalized spacial score (nSPS) is 23.2. The summed E-state index contributed by atoms with van der Waals surface area (Å²) < 4.78 is 0. The SMILES string of the molecule is CC1(c2ccc(Cl)cc2)NC(=O)N(C(=O)O)C1c1ccc(Cl)nc1. The van der Waals surface area contributed by atoms with Crippen molar-refractivity contribution in [3.8, 4) is 0 Å². The number of carbonyl (C=O) groups excluding carboxylic acids is 1. The highest BCUT2D eigenvalue weighted by Gasteiger charge is 2.53. The molecule has 2 unspecified atom stereocenters. The van der Waals surface area contributed by atoms with E-state index in [1.807, 2.05) is 0 Å². The molecule has 2 heterocycles. The smallest absolute Gasteiger partial charge is 0.416 e.